The first-order chi connectivity index (χ1) is 8.79. The molecule has 1 atom stereocenters. The fourth-order valence-corrected chi connectivity index (χ4v) is 3.23. The number of benzene rings is 1. The van der Waals surface area contributed by atoms with E-state index in [0.717, 1.165) is 12.5 Å². The largest absolute Gasteiger partial charge is 0.310 e. The molecule has 0 aliphatic heterocycles. The summed E-state index contributed by atoms with van der Waals surface area (Å²) in [6.07, 6.45) is 8.53. The molecule has 0 heterocycles. The molecule has 1 aromatic carbocycles. The fraction of sp³-hybridized carbons (Fsp3) is 0.647. The molecule has 1 aliphatic carbocycles. The minimum absolute atomic E-state index is 0.554. The van der Waals surface area contributed by atoms with E-state index in [4.69, 9.17) is 0 Å². The molecule has 1 unspecified atom stereocenters. The third kappa shape index (κ3) is 3.84. The number of rotatable bonds is 5. The first kappa shape index (κ1) is 13.6. The van der Waals surface area contributed by atoms with E-state index in [-0.39, 0.29) is 0 Å². The highest BCUT2D eigenvalue weighted by atomic mass is 14.9. The predicted molar refractivity (Wildman–Crippen MR) is 78.8 cm³/mol. The standard InChI is InChI=1S/C17H27N/c1-3-18-17(13-15-9-5-4-6-10-15)16-11-7-8-14(2)12-16/h7-8,11-12,15,17-18H,3-6,9-10,13H2,1-2H3. The van der Waals surface area contributed by atoms with Crippen LogP contribution in [-0.4, -0.2) is 6.54 Å². The van der Waals surface area contributed by atoms with Gasteiger partial charge in [0, 0.05) is 6.04 Å². The molecule has 0 bridgehead atoms. The van der Waals surface area contributed by atoms with Gasteiger partial charge in [0.2, 0.25) is 0 Å². The van der Waals surface area contributed by atoms with E-state index in [2.05, 4.69) is 43.4 Å². The van der Waals surface area contributed by atoms with Gasteiger partial charge in [-0.05, 0) is 31.4 Å². The number of aryl methyl sites for hydroxylation is 1. The van der Waals surface area contributed by atoms with Crippen LogP contribution in [0.25, 0.3) is 0 Å². The molecule has 1 heteroatoms. The van der Waals surface area contributed by atoms with Gasteiger partial charge in [0.25, 0.3) is 0 Å². The maximum Gasteiger partial charge on any atom is 0.0322 e. The Morgan fingerprint density at radius 1 is 1.22 bits per heavy atom. The van der Waals surface area contributed by atoms with Gasteiger partial charge in [-0.25, -0.2) is 0 Å². The summed E-state index contributed by atoms with van der Waals surface area (Å²) in [5.41, 5.74) is 2.85. The van der Waals surface area contributed by atoms with Crippen LogP contribution in [0.4, 0.5) is 0 Å². The van der Waals surface area contributed by atoms with Crippen molar-refractivity contribution >= 4 is 0 Å². The molecule has 18 heavy (non-hydrogen) atoms. The normalized spacial score (nSPS) is 18.8. The minimum Gasteiger partial charge on any atom is -0.310 e. The Labute approximate surface area is 112 Å². The summed E-state index contributed by atoms with van der Waals surface area (Å²) in [5, 5.41) is 3.67. The van der Waals surface area contributed by atoms with Crippen molar-refractivity contribution in [2.45, 2.75) is 58.4 Å². The summed E-state index contributed by atoms with van der Waals surface area (Å²) < 4.78 is 0. The van der Waals surface area contributed by atoms with E-state index in [1.807, 2.05) is 0 Å². The van der Waals surface area contributed by atoms with Crippen molar-refractivity contribution < 1.29 is 0 Å². The molecular weight excluding hydrogens is 218 g/mol. The number of hydrogen-bond acceptors (Lipinski definition) is 1. The van der Waals surface area contributed by atoms with E-state index < -0.39 is 0 Å². The average molecular weight is 245 g/mol. The zero-order valence-electron chi connectivity index (χ0n) is 11.9. The fourth-order valence-electron chi connectivity index (χ4n) is 3.23. The Kier molecular flexibility index (Phi) is 5.25. The second-order valence-electron chi connectivity index (χ2n) is 5.76. The Morgan fingerprint density at radius 3 is 2.67 bits per heavy atom. The van der Waals surface area contributed by atoms with Crippen molar-refractivity contribution in [2.75, 3.05) is 6.54 Å². The average Bonchev–Trinajstić information content (AvgIpc) is 2.39. The lowest BCUT2D eigenvalue weighted by Crippen LogP contribution is -2.24. The van der Waals surface area contributed by atoms with Crippen molar-refractivity contribution in [3.63, 3.8) is 0 Å². The number of hydrogen-bond donors (Lipinski definition) is 1. The molecule has 0 spiro atoms. The van der Waals surface area contributed by atoms with Crippen molar-refractivity contribution in [3.05, 3.63) is 35.4 Å². The Morgan fingerprint density at radius 2 is 2.00 bits per heavy atom. The van der Waals surface area contributed by atoms with E-state index in [1.165, 1.54) is 49.7 Å². The highest BCUT2D eigenvalue weighted by Gasteiger charge is 2.19. The zero-order valence-corrected chi connectivity index (χ0v) is 11.9. The molecule has 1 nitrogen and oxygen atoms in total. The van der Waals surface area contributed by atoms with Crippen LogP contribution in [-0.2, 0) is 0 Å². The highest BCUT2D eigenvalue weighted by molar-refractivity contribution is 5.25. The van der Waals surface area contributed by atoms with E-state index in [1.54, 1.807) is 0 Å². The van der Waals surface area contributed by atoms with Gasteiger partial charge >= 0.3 is 0 Å². The molecule has 0 amide bonds. The summed E-state index contributed by atoms with van der Waals surface area (Å²) in [4.78, 5) is 0. The Bertz CT molecular complexity index is 352. The molecule has 1 saturated carbocycles. The van der Waals surface area contributed by atoms with Crippen LogP contribution in [0.2, 0.25) is 0 Å². The van der Waals surface area contributed by atoms with Gasteiger partial charge < -0.3 is 5.32 Å². The van der Waals surface area contributed by atoms with Gasteiger partial charge in [0.05, 0.1) is 0 Å². The first-order valence-corrected chi connectivity index (χ1v) is 7.59. The molecule has 1 aliphatic rings. The second-order valence-corrected chi connectivity index (χ2v) is 5.76. The molecule has 0 radical (unpaired) electrons. The van der Waals surface area contributed by atoms with Crippen LogP contribution < -0.4 is 5.32 Å². The SMILES string of the molecule is CCNC(CC1CCCCC1)c1cccc(C)c1. The van der Waals surface area contributed by atoms with Crippen LogP contribution in [0.5, 0.6) is 0 Å². The summed E-state index contributed by atoms with van der Waals surface area (Å²) in [6.45, 7) is 5.46. The molecule has 0 aromatic heterocycles. The summed E-state index contributed by atoms with van der Waals surface area (Å²) in [5.74, 6) is 0.934. The van der Waals surface area contributed by atoms with Crippen molar-refractivity contribution in [1.29, 1.82) is 0 Å². The van der Waals surface area contributed by atoms with Crippen LogP contribution in [0, 0.1) is 12.8 Å². The lowest BCUT2D eigenvalue weighted by Gasteiger charge is -2.27. The number of nitrogens with one attached hydrogen (secondary N) is 1. The third-order valence-electron chi connectivity index (χ3n) is 4.19. The third-order valence-corrected chi connectivity index (χ3v) is 4.19. The molecular formula is C17H27N. The molecule has 1 N–H and O–H groups in total. The van der Waals surface area contributed by atoms with Crippen molar-refractivity contribution in [3.8, 4) is 0 Å². The Hall–Kier alpha value is -0.820. The van der Waals surface area contributed by atoms with Gasteiger partial charge in [-0.1, -0.05) is 68.9 Å². The van der Waals surface area contributed by atoms with Gasteiger partial charge in [-0.2, -0.15) is 0 Å². The van der Waals surface area contributed by atoms with Crippen LogP contribution >= 0.6 is 0 Å². The van der Waals surface area contributed by atoms with Crippen LogP contribution in [0.15, 0.2) is 24.3 Å². The molecule has 0 saturated heterocycles. The van der Waals surface area contributed by atoms with Crippen molar-refractivity contribution in [1.82, 2.24) is 5.32 Å². The summed E-state index contributed by atoms with van der Waals surface area (Å²) in [6, 6.07) is 9.56. The van der Waals surface area contributed by atoms with Gasteiger partial charge in [0.1, 0.15) is 0 Å². The van der Waals surface area contributed by atoms with Crippen molar-refractivity contribution in [2.24, 2.45) is 5.92 Å². The molecule has 100 valence electrons. The predicted octanol–water partition coefficient (Wildman–Crippen LogP) is 4.62. The van der Waals surface area contributed by atoms with E-state index >= 15 is 0 Å². The maximum atomic E-state index is 3.67. The van der Waals surface area contributed by atoms with Crippen LogP contribution in [0.1, 0.15) is 62.6 Å². The van der Waals surface area contributed by atoms with Gasteiger partial charge in [-0.15, -0.1) is 0 Å². The quantitative estimate of drug-likeness (QED) is 0.798. The maximum absolute atomic E-state index is 3.67. The smallest absolute Gasteiger partial charge is 0.0322 e. The monoisotopic (exact) mass is 245 g/mol. The first-order valence-electron chi connectivity index (χ1n) is 7.59. The summed E-state index contributed by atoms with van der Waals surface area (Å²) in [7, 11) is 0. The topological polar surface area (TPSA) is 12.0 Å². The second kappa shape index (κ2) is 6.94. The van der Waals surface area contributed by atoms with Gasteiger partial charge in [0.15, 0.2) is 0 Å². The highest BCUT2D eigenvalue weighted by Crippen LogP contribution is 2.32. The Balaban J connectivity index is 2.02. The molecule has 1 aromatic rings. The lowest BCUT2D eigenvalue weighted by atomic mass is 9.83. The zero-order chi connectivity index (χ0) is 12.8. The summed E-state index contributed by atoms with van der Waals surface area (Å²) >= 11 is 0. The molecule has 2 rings (SSSR count). The lowest BCUT2D eigenvalue weighted by molar-refractivity contribution is 0.301. The van der Waals surface area contributed by atoms with Gasteiger partial charge in [-0.3, -0.25) is 0 Å². The van der Waals surface area contributed by atoms with Crippen LogP contribution in [0.3, 0.4) is 0 Å². The molecule has 1 fully saturated rings. The van der Waals surface area contributed by atoms with E-state index in [9.17, 15) is 0 Å². The minimum atomic E-state index is 0.554. The van der Waals surface area contributed by atoms with E-state index in [0.29, 0.717) is 6.04 Å².